The second-order valence-corrected chi connectivity index (χ2v) is 8.92. The van der Waals surface area contributed by atoms with Crippen molar-refractivity contribution in [3.8, 4) is 0 Å². The molecule has 4 rings (SSSR count). The van der Waals surface area contributed by atoms with Gasteiger partial charge in [-0.05, 0) is 72.5 Å². The standard InChI is InChI=1S/C20H30O4/c1-9-10(2)14-7-13(9)19-12-5-15(16(6-12)20(14)19)17(24-11(3)21)8-18(22)23-4/h9-10,12-17,19-20H,5-8H2,1-4H3. The van der Waals surface area contributed by atoms with Crippen LogP contribution in [0.1, 0.15) is 46.5 Å². The summed E-state index contributed by atoms with van der Waals surface area (Å²) in [5, 5.41) is 0. The number of hydrogen-bond acceptors (Lipinski definition) is 4. The van der Waals surface area contributed by atoms with Crippen LogP contribution in [-0.2, 0) is 19.1 Å². The molecular formula is C20H30O4. The Morgan fingerprint density at radius 2 is 1.67 bits per heavy atom. The number of rotatable bonds is 4. The van der Waals surface area contributed by atoms with Gasteiger partial charge in [-0.15, -0.1) is 0 Å². The van der Waals surface area contributed by atoms with Crippen LogP contribution in [-0.4, -0.2) is 25.2 Å². The molecule has 10 unspecified atom stereocenters. The number of methoxy groups -OCH3 is 1. The van der Waals surface area contributed by atoms with Gasteiger partial charge in [0.05, 0.1) is 13.5 Å². The van der Waals surface area contributed by atoms with Gasteiger partial charge < -0.3 is 9.47 Å². The smallest absolute Gasteiger partial charge is 0.309 e. The predicted octanol–water partition coefficient (Wildman–Crippen LogP) is 3.29. The van der Waals surface area contributed by atoms with Gasteiger partial charge in [0.1, 0.15) is 6.10 Å². The lowest BCUT2D eigenvalue weighted by atomic mass is 9.61. The highest BCUT2D eigenvalue weighted by Crippen LogP contribution is 2.71. The molecule has 0 N–H and O–H groups in total. The quantitative estimate of drug-likeness (QED) is 0.585. The van der Waals surface area contributed by atoms with Crippen molar-refractivity contribution in [2.24, 2.45) is 53.3 Å². The van der Waals surface area contributed by atoms with E-state index in [-0.39, 0.29) is 24.5 Å². The minimum atomic E-state index is -0.294. The number of esters is 2. The lowest BCUT2D eigenvalue weighted by Crippen LogP contribution is -2.43. The summed E-state index contributed by atoms with van der Waals surface area (Å²) in [7, 11) is 1.41. The third-order valence-corrected chi connectivity index (χ3v) is 8.29. The average Bonchev–Trinajstić information content (AvgIpc) is 3.26. The van der Waals surface area contributed by atoms with Crippen molar-refractivity contribution in [2.75, 3.05) is 7.11 Å². The zero-order valence-electron chi connectivity index (χ0n) is 15.2. The molecule has 10 atom stereocenters. The molecule has 4 heteroatoms. The molecule has 0 amide bonds. The molecule has 4 bridgehead atoms. The number of carbonyl (C=O) groups is 2. The summed E-state index contributed by atoms with van der Waals surface area (Å²) in [5.74, 6) is 6.39. The molecule has 4 fully saturated rings. The van der Waals surface area contributed by atoms with Gasteiger partial charge >= 0.3 is 11.9 Å². The summed E-state index contributed by atoms with van der Waals surface area (Å²) in [4.78, 5) is 23.4. The van der Waals surface area contributed by atoms with Crippen molar-refractivity contribution < 1.29 is 19.1 Å². The van der Waals surface area contributed by atoms with E-state index in [1.165, 1.54) is 26.9 Å². The molecule has 0 aromatic rings. The molecule has 4 saturated carbocycles. The summed E-state index contributed by atoms with van der Waals surface area (Å²) >= 11 is 0. The van der Waals surface area contributed by atoms with E-state index in [1.807, 2.05) is 0 Å². The highest BCUT2D eigenvalue weighted by molar-refractivity contribution is 5.71. The normalized spacial score (nSPS) is 49.1. The zero-order chi connectivity index (χ0) is 17.2. The summed E-state index contributed by atoms with van der Waals surface area (Å²) in [6.45, 7) is 6.33. The van der Waals surface area contributed by atoms with Gasteiger partial charge in [-0.2, -0.15) is 0 Å². The van der Waals surface area contributed by atoms with Crippen LogP contribution in [0.3, 0.4) is 0 Å². The van der Waals surface area contributed by atoms with Crippen LogP contribution in [0.2, 0.25) is 0 Å². The largest absolute Gasteiger partial charge is 0.469 e. The molecule has 134 valence electrons. The zero-order valence-corrected chi connectivity index (χ0v) is 15.2. The van der Waals surface area contributed by atoms with Crippen molar-refractivity contribution >= 4 is 11.9 Å². The Morgan fingerprint density at radius 3 is 2.29 bits per heavy atom. The van der Waals surface area contributed by atoms with Crippen LogP contribution in [0.15, 0.2) is 0 Å². The molecule has 0 aromatic heterocycles. The maximum absolute atomic E-state index is 11.8. The predicted molar refractivity (Wildman–Crippen MR) is 88.8 cm³/mol. The van der Waals surface area contributed by atoms with Crippen LogP contribution < -0.4 is 0 Å². The minimum Gasteiger partial charge on any atom is -0.469 e. The fourth-order valence-corrected chi connectivity index (χ4v) is 7.45. The Hall–Kier alpha value is -1.06. The van der Waals surface area contributed by atoms with Gasteiger partial charge in [0, 0.05) is 6.92 Å². The highest BCUT2D eigenvalue weighted by atomic mass is 16.6. The summed E-state index contributed by atoms with van der Waals surface area (Å²) in [6, 6.07) is 0. The van der Waals surface area contributed by atoms with Crippen molar-refractivity contribution in [3.05, 3.63) is 0 Å². The van der Waals surface area contributed by atoms with Gasteiger partial charge in [0.2, 0.25) is 0 Å². The van der Waals surface area contributed by atoms with E-state index in [2.05, 4.69) is 13.8 Å². The maximum Gasteiger partial charge on any atom is 0.309 e. The van der Waals surface area contributed by atoms with E-state index in [1.54, 1.807) is 0 Å². The lowest BCUT2D eigenvalue weighted by molar-refractivity contribution is -0.157. The average molecular weight is 334 g/mol. The number of carbonyl (C=O) groups excluding carboxylic acids is 2. The van der Waals surface area contributed by atoms with E-state index in [0.29, 0.717) is 11.8 Å². The fraction of sp³-hybridized carbons (Fsp3) is 0.900. The first-order valence-electron chi connectivity index (χ1n) is 9.66. The maximum atomic E-state index is 11.8. The van der Waals surface area contributed by atoms with Crippen LogP contribution in [0.4, 0.5) is 0 Å². The minimum absolute atomic E-state index is 0.210. The van der Waals surface area contributed by atoms with Gasteiger partial charge in [-0.25, -0.2) is 0 Å². The van der Waals surface area contributed by atoms with E-state index >= 15 is 0 Å². The summed E-state index contributed by atoms with van der Waals surface area (Å²) in [5.41, 5.74) is 0. The fourth-order valence-electron chi connectivity index (χ4n) is 7.45. The molecule has 24 heavy (non-hydrogen) atoms. The summed E-state index contributed by atoms with van der Waals surface area (Å²) < 4.78 is 10.4. The van der Waals surface area contributed by atoms with Crippen molar-refractivity contribution in [2.45, 2.75) is 52.6 Å². The second kappa shape index (κ2) is 5.74. The molecule has 0 radical (unpaired) electrons. The van der Waals surface area contributed by atoms with Crippen molar-refractivity contribution in [1.82, 2.24) is 0 Å². The molecule has 4 aliphatic rings. The van der Waals surface area contributed by atoms with Gasteiger partial charge in [-0.1, -0.05) is 13.8 Å². The van der Waals surface area contributed by atoms with E-state index in [4.69, 9.17) is 9.47 Å². The Balaban J connectivity index is 1.54. The highest BCUT2D eigenvalue weighted by Gasteiger charge is 2.66. The van der Waals surface area contributed by atoms with Crippen LogP contribution in [0.25, 0.3) is 0 Å². The van der Waals surface area contributed by atoms with Crippen LogP contribution in [0.5, 0.6) is 0 Å². The number of fused-ring (bicyclic) bond motifs is 9. The van der Waals surface area contributed by atoms with Gasteiger partial charge in [0.25, 0.3) is 0 Å². The Morgan fingerprint density at radius 1 is 1.00 bits per heavy atom. The topological polar surface area (TPSA) is 52.6 Å². The van der Waals surface area contributed by atoms with Gasteiger partial charge in [-0.3, -0.25) is 9.59 Å². The van der Waals surface area contributed by atoms with Crippen LogP contribution >= 0.6 is 0 Å². The summed E-state index contributed by atoms with van der Waals surface area (Å²) in [6.07, 6.45) is 3.74. The molecule has 0 spiro atoms. The first kappa shape index (κ1) is 16.4. The molecule has 4 nitrogen and oxygen atoms in total. The molecule has 0 heterocycles. The second-order valence-electron chi connectivity index (χ2n) is 8.92. The molecular weight excluding hydrogens is 304 g/mol. The third-order valence-electron chi connectivity index (χ3n) is 8.29. The first-order chi connectivity index (χ1) is 11.4. The van der Waals surface area contributed by atoms with Gasteiger partial charge in [0.15, 0.2) is 0 Å². The molecule has 0 aromatic carbocycles. The first-order valence-corrected chi connectivity index (χ1v) is 9.66. The SMILES string of the molecule is COC(=O)CC(OC(C)=O)C1CC2CC1C1C3CC(C(C)C3C)C21. The molecule has 0 aliphatic heterocycles. The number of ether oxygens (including phenoxy) is 2. The van der Waals surface area contributed by atoms with E-state index in [9.17, 15) is 9.59 Å². The number of hydrogen-bond donors (Lipinski definition) is 0. The Bertz CT molecular complexity index is 544. The van der Waals surface area contributed by atoms with E-state index in [0.717, 1.165) is 47.8 Å². The van der Waals surface area contributed by atoms with Crippen molar-refractivity contribution in [3.63, 3.8) is 0 Å². The Labute approximate surface area is 144 Å². The van der Waals surface area contributed by atoms with Crippen molar-refractivity contribution in [1.29, 1.82) is 0 Å². The monoisotopic (exact) mass is 334 g/mol. The molecule has 0 saturated heterocycles. The van der Waals surface area contributed by atoms with Crippen LogP contribution in [0, 0.1) is 53.3 Å². The molecule has 4 aliphatic carbocycles. The third kappa shape index (κ3) is 2.24. The Kier molecular flexibility index (Phi) is 3.92. The lowest BCUT2D eigenvalue weighted by Gasteiger charge is -2.44. The van der Waals surface area contributed by atoms with E-state index < -0.39 is 0 Å².